The van der Waals surface area contributed by atoms with Gasteiger partial charge in [0.05, 0.1) is 18.7 Å². The second-order valence-electron chi connectivity index (χ2n) is 19.8. The molecule has 0 spiro atoms. The first-order valence-corrected chi connectivity index (χ1v) is 29.0. The van der Waals surface area contributed by atoms with Crippen LogP contribution >= 0.6 is 21.6 Å². The van der Waals surface area contributed by atoms with Gasteiger partial charge in [0.25, 0.3) is 0 Å². The van der Waals surface area contributed by atoms with Gasteiger partial charge in [0, 0.05) is 77.9 Å². The fourth-order valence-corrected chi connectivity index (χ4v) is 11.5. The molecule has 0 bridgehead atoms. The quantitative estimate of drug-likeness (QED) is 0.0512. The van der Waals surface area contributed by atoms with Crippen LogP contribution in [0.4, 0.5) is 0 Å². The van der Waals surface area contributed by atoms with Crippen LogP contribution in [-0.4, -0.2) is 147 Å². The average molecular weight is 1130 g/mol. The Kier molecular flexibility index (Phi) is 22.1. The van der Waals surface area contributed by atoms with E-state index in [-0.39, 0.29) is 56.7 Å². The second-order valence-corrected chi connectivity index (χ2v) is 22.4. The highest BCUT2D eigenvalue weighted by Crippen LogP contribution is 2.24. The summed E-state index contributed by atoms with van der Waals surface area (Å²) >= 11 is 0. The maximum Gasteiger partial charge on any atom is 0.245 e. The van der Waals surface area contributed by atoms with E-state index in [0.717, 1.165) is 21.8 Å². The molecule has 0 unspecified atom stereocenters. The lowest BCUT2D eigenvalue weighted by atomic mass is 10.00. The van der Waals surface area contributed by atoms with Gasteiger partial charge in [-0.15, -0.1) is 0 Å². The van der Waals surface area contributed by atoms with Crippen LogP contribution in [0.3, 0.4) is 0 Å². The van der Waals surface area contributed by atoms with Crippen LogP contribution in [0, 0.1) is 0 Å². The molecule has 15 N–H and O–H groups in total. The van der Waals surface area contributed by atoms with Crippen molar-refractivity contribution in [2.75, 3.05) is 31.1 Å². The van der Waals surface area contributed by atoms with Crippen molar-refractivity contribution in [1.82, 2.24) is 46.8 Å². The van der Waals surface area contributed by atoms with Gasteiger partial charge < -0.3 is 69.1 Å². The normalized spacial score (nSPS) is 22.4. The van der Waals surface area contributed by atoms with E-state index in [4.69, 9.17) is 17.2 Å². The number of fused-ring (bicyclic) bond motifs is 2. The van der Waals surface area contributed by atoms with Gasteiger partial charge in [-0.25, -0.2) is 0 Å². The van der Waals surface area contributed by atoms with E-state index in [2.05, 4.69) is 41.9 Å². The Morgan fingerprint density at radius 3 is 1.57 bits per heavy atom. The van der Waals surface area contributed by atoms with Crippen LogP contribution < -0.4 is 49.1 Å². The van der Waals surface area contributed by atoms with E-state index in [0.29, 0.717) is 35.1 Å². The molecule has 21 nitrogen and oxygen atoms in total. The SMILES string of the molecule is C[C@@H](O)[C@@H]1NC(=O)[C@H](CCCCN)NC(=O)[C@@H](Cc2c[nH]c3ccccc23)NC(=O)[C@H](Cc2c[nH]c3ccccc23)NC(=O)[C@H](Cc2ccccc2)NC(=O)[C@@H](N)CSSCCN(CC(N)=O)C(=O)[C@H](Cc2ccccc2)NC1=O. The van der Waals surface area contributed by atoms with E-state index in [1.807, 2.05) is 54.6 Å². The number of aliphatic hydroxyl groups excluding tert-OH is 1. The Bertz CT molecular complexity index is 3090. The Balaban J connectivity index is 1.28. The number of nitrogens with one attached hydrogen (secondary N) is 8. The molecule has 1 fully saturated rings. The monoisotopic (exact) mass is 1130 g/mol. The molecule has 1 saturated heterocycles. The molecule has 7 rings (SSSR count). The van der Waals surface area contributed by atoms with Gasteiger partial charge in [0.15, 0.2) is 0 Å². The molecular weight excluding hydrogens is 1060 g/mol. The lowest BCUT2D eigenvalue weighted by Gasteiger charge is -2.30. The van der Waals surface area contributed by atoms with Crippen molar-refractivity contribution in [1.29, 1.82) is 0 Å². The number of nitrogens with zero attached hydrogens (tertiary/aromatic N) is 1. The number of hydrogen-bond acceptors (Lipinski definition) is 13. The minimum Gasteiger partial charge on any atom is -0.391 e. The molecule has 6 aromatic rings. The number of aromatic nitrogens is 2. The molecule has 0 radical (unpaired) electrons. The lowest BCUT2D eigenvalue weighted by Crippen LogP contribution is -2.62. The van der Waals surface area contributed by atoms with Gasteiger partial charge in [-0.1, -0.05) is 119 Å². The van der Waals surface area contributed by atoms with Gasteiger partial charge >= 0.3 is 0 Å². The second kappa shape index (κ2) is 29.5. The standard InChI is InChI=1S/C57H70N12O9S2/c1-34(70)50-56(77)67-48(27-36-16-6-3-7-17-36)57(78)69(32-49(60)71)24-25-79-80-33-41(59)51(72)64-45(26-35-14-4-2-5-15-35)53(74)65-47(29-38-31-62-43-21-11-9-19-40(38)43)55(76)66-46(28-37-30-61-42-20-10-8-18-39(37)42)54(75)63-44(52(73)68-50)22-12-13-23-58/h2-11,14-21,30-31,34,41,44-48,50,61-62,70H,12-13,22-29,32-33,58-59H2,1H3,(H2,60,71)(H,63,75)(H,64,72)(H,65,74)(H,66,76)(H,67,77)(H,68,73)/t34-,41+,44+,45+,46-,47+,48+,50+/m1/s1. The summed E-state index contributed by atoms with van der Waals surface area (Å²) in [7, 11) is 2.47. The molecule has 0 aliphatic carbocycles. The summed E-state index contributed by atoms with van der Waals surface area (Å²) in [6, 6.07) is 23.1. The highest BCUT2D eigenvalue weighted by atomic mass is 33.1. The van der Waals surface area contributed by atoms with Crippen molar-refractivity contribution >= 4 is 90.7 Å². The number of amides is 8. The Morgan fingerprint density at radius 1 is 0.588 bits per heavy atom. The summed E-state index contributed by atoms with van der Waals surface area (Å²) in [5, 5.41) is 29.4. The van der Waals surface area contributed by atoms with Crippen molar-refractivity contribution in [2.45, 2.75) is 100 Å². The predicted octanol–water partition coefficient (Wildman–Crippen LogP) is 1.37. The summed E-state index contributed by atoms with van der Waals surface area (Å²) < 4.78 is 0. The topological polar surface area (TPSA) is 342 Å². The molecule has 80 heavy (non-hydrogen) atoms. The third-order valence-electron chi connectivity index (χ3n) is 13.7. The zero-order chi connectivity index (χ0) is 57.1. The molecule has 23 heteroatoms. The highest BCUT2D eigenvalue weighted by Gasteiger charge is 2.37. The van der Waals surface area contributed by atoms with E-state index >= 15 is 4.79 Å². The van der Waals surface area contributed by atoms with E-state index < -0.39 is 102 Å². The number of aliphatic hydroxyl groups is 1. The van der Waals surface area contributed by atoms with Gasteiger partial charge in [0.1, 0.15) is 36.3 Å². The van der Waals surface area contributed by atoms with Crippen molar-refractivity contribution in [3.8, 4) is 0 Å². The highest BCUT2D eigenvalue weighted by molar-refractivity contribution is 8.76. The zero-order valence-electron chi connectivity index (χ0n) is 44.4. The Morgan fingerprint density at radius 2 is 1.05 bits per heavy atom. The number of benzene rings is 4. The summed E-state index contributed by atoms with van der Waals surface area (Å²) in [5.74, 6) is -5.96. The molecule has 1 aliphatic rings. The number of primary amides is 1. The van der Waals surface area contributed by atoms with Gasteiger partial charge in [0.2, 0.25) is 47.3 Å². The fourth-order valence-electron chi connectivity index (χ4n) is 9.43. The number of hydrogen-bond donors (Lipinski definition) is 12. The first-order chi connectivity index (χ1) is 38.6. The Hall–Kier alpha value is -7.70. The maximum absolute atomic E-state index is 15.1. The number of para-hydroxylation sites is 2. The lowest BCUT2D eigenvalue weighted by molar-refractivity contribution is -0.140. The van der Waals surface area contributed by atoms with Gasteiger partial charge in [-0.05, 0) is 67.1 Å². The number of rotatable bonds is 15. The van der Waals surface area contributed by atoms with Crippen LogP contribution in [0.15, 0.2) is 122 Å². The maximum atomic E-state index is 15.1. The molecular formula is C57H70N12O9S2. The molecule has 4 aromatic carbocycles. The van der Waals surface area contributed by atoms with Crippen molar-refractivity contribution in [2.24, 2.45) is 17.2 Å². The predicted molar refractivity (Wildman–Crippen MR) is 309 cm³/mol. The zero-order valence-corrected chi connectivity index (χ0v) is 46.0. The minimum absolute atomic E-state index is 0.0129. The van der Waals surface area contributed by atoms with Crippen molar-refractivity contribution in [3.63, 3.8) is 0 Å². The first kappa shape index (κ1) is 60.0. The van der Waals surface area contributed by atoms with E-state index in [1.165, 1.54) is 33.4 Å². The van der Waals surface area contributed by atoms with Crippen molar-refractivity contribution < 1.29 is 43.5 Å². The molecule has 2 aromatic heterocycles. The van der Waals surface area contributed by atoms with Crippen LogP contribution in [0.2, 0.25) is 0 Å². The third kappa shape index (κ3) is 16.9. The molecule has 8 atom stereocenters. The average Bonchev–Trinajstić information content (AvgIpc) is 4.08. The van der Waals surface area contributed by atoms with E-state index in [1.54, 1.807) is 67.0 Å². The minimum atomic E-state index is -1.67. The smallest absolute Gasteiger partial charge is 0.245 e. The van der Waals surface area contributed by atoms with Crippen molar-refractivity contribution in [3.05, 3.63) is 144 Å². The molecule has 3 heterocycles. The molecule has 0 saturated carbocycles. The third-order valence-corrected chi connectivity index (χ3v) is 16.1. The van der Waals surface area contributed by atoms with Crippen LogP contribution in [0.1, 0.15) is 48.4 Å². The fraction of sp³-hybridized carbons (Fsp3) is 0.368. The van der Waals surface area contributed by atoms with Crippen LogP contribution in [0.5, 0.6) is 0 Å². The van der Waals surface area contributed by atoms with Gasteiger partial charge in [-0.2, -0.15) is 0 Å². The van der Waals surface area contributed by atoms with Crippen LogP contribution in [-0.2, 0) is 64.0 Å². The molecule has 424 valence electrons. The number of nitrogens with two attached hydrogens (primary N) is 3. The summed E-state index contributed by atoms with van der Waals surface area (Å²) in [4.78, 5) is 122. The summed E-state index contributed by atoms with van der Waals surface area (Å²) in [5.41, 5.74) is 22.2. The summed E-state index contributed by atoms with van der Waals surface area (Å²) in [6.45, 7) is 0.999. The van der Waals surface area contributed by atoms with Gasteiger partial charge in [-0.3, -0.25) is 38.4 Å². The number of aromatic amines is 2. The Labute approximate surface area is 471 Å². The first-order valence-electron chi connectivity index (χ1n) is 26.5. The number of unbranched alkanes of at least 4 members (excludes halogenated alkanes) is 1. The van der Waals surface area contributed by atoms with E-state index in [9.17, 15) is 38.7 Å². The molecule has 8 amide bonds. The number of carbonyl (C=O) groups is 8. The molecule has 1 aliphatic heterocycles. The number of carbonyl (C=O) groups excluding carboxylic acids is 8. The number of H-pyrrole nitrogens is 2. The van der Waals surface area contributed by atoms with Crippen LogP contribution in [0.25, 0.3) is 21.8 Å². The summed E-state index contributed by atoms with van der Waals surface area (Å²) in [6.07, 6.45) is 2.50. The largest absolute Gasteiger partial charge is 0.391 e.